The molecule has 0 aliphatic rings. The smallest absolute Gasteiger partial charge is 0.390 e. The summed E-state index contributed by atoms with van der Waals surface area (Å²) in [5, 5.41) is 13.7. The Hall–Kier alpha value is -4.51. The van der Waals surface area contributed by atoms with E-state index in [1.165, 1.54) is 18.3 Å². The average molecular weight is 506 g/mol. The van der Waals surface area contributed by atoms with Crippen LogP contribution in [-0.4, -0.2) is 29.2 Å². The first kappa shape index (κ1) is 24.6. The maximum atomic E-state index is 12.5. The molecule has 0 spiro atoms. The lowest BCUT2D eigenvalue weighted by Gasteiger charge is -2.10. The number of aryl methyl sites for hydroxylation is 1. The van der Waals surface area contributed by atoms with Crippen LogP contribution in [-0.2, 0) is 27.8 Å². The van der Waals surface area contributed by atoms with Crippen molar-refractivity contribution in [2.45, 2.75) is 24.8 Å². The maximum absolute atomic E-state index is 12.5. The summed E-state index contributed by atoms with van der Waals surface area (Å²) < 4.78 is 27.4. The molecule has 0 aliphatic heterocycles. The summed E-state index contributed by atoms with van der Waals surface area (Å²) >= 11 is 0. The molecule has 3 N–H and O–H groups in total. The molecule has 4 rings (SSSR count). The van der Waals surface area contributed by atoms with E-state index in [4.69, 9.17) is 0 Å². The molecule has 36 heavy (non-hydrogen) atoms. The molecule has 0 saturated heterocycles. The van der Waals surface area contributed by atoms with E-state index in [1.54, 1.807) is 48.5 Å². The van der Waals surface area contributed by atoms with E-state index in [1.807, 2.05) is 19.1 Å². The molecule has 184 valence electrons. The number of imidazole rings is 1. The largest absolute Gasteiger partial charge is 0.432 e. The van der Waals surface area contributed by atoms with Gasteiger partial charge in [0.25, 0.3) is 10.0 Å². The number of nitro groups is 1. The van der Waals surface area contributed by atoms with Crippen LogP contribution >= 0.6 is 0 Å². The number of anilines is 1. The van der Waals surface area contributed by atoms with Gasteiger partial charge in [0.05, 0.1) is 11.3 Å². The summed E-state index contributed by atoms with van der Waals surface area (Å²) in [5.41, 5.74) is 4.26. The number of hydrogen-bond acceptors (Lipinski definition) is 6. The normalized spacial score (nSPS) is 11.1. The predicted octanol–water partition coefficient (Wildman–Crippen LogP) is 3.95. The van der Waals surface area contributed by atoms with Gasteiger partial charge in [0.15, 0.2) is 0 Å². The molecule has 0 fully saturated rings. The Morgan fingerprint density at radius 1 is 1.06 bits per heavy atom. The fourth-order valence-electron chi connectivity index (χ4n) is 3.56. The zero-order valence-corrected chi connectivity index (χ0v) is 20.1. The van der Waals surface area contributed by atoms with E-state index in [0.717, 1.165) is 22.3 Å². The number of aromatic nitrogens is 2. The summed E-state index contributed by atoms with van der Waals surface area (Å²) in [5.74, 6) is -0.499. The van der Waals surface area contributed by atoms with Crippen molar-refractivity contribution in [2.75, 3.05) is 4.72 Å². The Labute approximate surface area is 207 Å². The summed E-state index contributed by atoms with van der Waals surface area (Å²) in [4.78, 5) is 29.2. The van der Waals surface area contributed by atoms with E-state index < -0.39 is 14.9 Å². The summed E-state index contributed by atoms with van der Waals surface area (Å²) in [6.07, 6.45) is 1.55. The third-order valence-corrected chi connectivity index (χ3v) is 6.89. The highest BCUT2D eigenvalue weighted by atomic mass is 32.2. The summed E-state index contributed by atoms with van der Waals surface area (Å²) in [7, 11) is -3.68. The van der Waals surface area contributed by atoms with E-state index in [0.29, 0.717) is 17.9 Å². The van der Waals surface area contributed by atoms with Gasteiger partial charge in [0.1, 0.15) is 11.9 Å². The van der Waals surface area contributed by atoms with Crippen LogP contribution in [0.2, 0.25) is 0 Å². The molecular weight excluding hydrogens is 482 g/mol. The number of aromatic amines is 1. The standard InChI is InChI=1S/C25H23N5O5S/c1-17-13-19(23-16-27-25(28-23)30(32)33)9-10-20(17)15-26-24(31)14-18-7-11-21(12-8-18)29-36(34,35)22-5-3-2-4-6-22/h2-13,16,29H,14-15H2,1H3,(H,26,31)(H,27,28). The van der Waals surface area contributed by atoms with Crippen molar-refractivity contribution < 1.29 is 18.1 Å². The Morgan fingerprint density at radius 2 is 1.78 bits per heavy atom. The predicted molar refractivity (Wildman–Crippen MR) is 135 cm³/mol. The molecule has 11 heteroatoms. The Morgan fingerprint density at radius 3 is 2.42 bits per heavy atom. The van der Waals surface area contributed by atoms with E-state index in [-0.39, 0.29) is 23.2 Å². The first-order chi connectivity index (χ1) is 17.2. The first-order valence-corrected chi connectivity index (χ1v) is 12.4. The van der Waals surface area contributed by atoms with Crippen LogP contribution in [0.4, 0.5) is 11.6 Å². The van der Waals surface area contributed by atoms with Crippen molar-refractivity contribution in [3.63, 3.8) is 0 Å². The second-order valence-corrected chi connectivity index (χ2v) is 9.77. The highest BCUT2D eigenvalue weighted by molar-refractivity contribution is 7.92. The molecule has 1 heterocycles. The molecule has 4 aromatic rings. The number of carbonyl (C=O) groups is 1. The van der Waals surface area contributed by atoms with Gasteiger partial charge in [0.2, 0.25) is 5.91 Å². The SMILES string of the molecule is Cc1cc(-c2cnc([N+](=O)[O-])[nH]2)ccc1CNC(=O)Cc1ccc(NS(=O)(=O)c2ccccc2)cc1. The van der Waals surface area contributed by atoms with Crippen molar-refractivity contribution in [1.29, 1.82) is 0 Å². The van der Waals surface area contributed by atoms with Gasteiger partial charge in [0, 0.05) is 17.8 Å². The number of carbonyl (C=O) groups excluding carboxylic acids is 1. The zero-order valence-electron chi connectivity index (χ0n) is 19.3. The number of benzene rings is 3. The molecule has 1 aromatic heterocycles. The third kappa shape index (κ3) is 5.94. The molecule has 10 nitrogen and oxygen atoms in total. The molecule has 0 saturated carbocycles. The monoisotopic (exact) mass is 505 g/mol. The number of H-pyrrole nitrogens is 1. The number of hydrogen-bond donors (Lipinski definition) is 3. The minimum Gasteiger partial charge on any atom is -0.390 e. The first-order valence-electron chi connectivity index (χ1n) is 10.9. The van der Waals surface area contributed by atoms with Gasteiger partial charge in [-0.15, -0.1) is 0 Å². The minimum atomic E-state index is -3.68. The van der Waals surface area contributed by atoms with Crippen molar-refractivity contribution >= 4 is 27.6 Å². The van der Waals surface area contributed by atoms with Crippen molar-refractivity contribution in [2.24, 2.45) is 0 Å². The maximum Gasteiger partial charge on any atom is 0.432 e. The van der Waals surface area contributed by atoms with Gasteiger partial charge in [-0.1, -0.05) is 47.4 Å². The van der Waals surface area contributed by atoms with Crippen molar-refractivity contribution in [3.05, 3.63) is 106 Å². The zero-order chi connectivity index (χ0) is 25.7. The number of nitrogens with one attached hydrogen (secondary N) is 3. The van der Waals surface area contributed by atoms with Crippen LogP contribution in [0, 0.1) is 17.0 Å². The number of nitrogens with zero attached hydrogens (tertiary/aromatic N) is 2. The molecule has 3 aromatic carbocycles. The van der Waals surface area contributed by atoms with Crippen molar-refractivity contribution in [1.82, 2.24) is 15.3 Å². The van der Waals surface area contributed by atoms with Crippen LogP contribution < -0.4 is 10.0 Å². The quantitative estimate of drug-likeness (QED) is 0.232. The topological polar surface area (TPSA) is 147 Å². The number of rotatable bonds is 9. The van der Waals surface area contributed by atoms with Crippen molar-refractivity contribution in [3.8, 4) is 11.3 Å². The van der Waals surface area contributed by atoms with Gasteiger partial charge >= 0.3 is 5.95 Å². The summed E-state index contributed by atoms with van der Waals surface area (Å²) in [6, 6.07) is 20.2. The van der Waals surface area contributed by atoms with E-state index >= 15 is 0 Å². The molecule has 0 atom stereocenters. The Bertz CT molecular complexity index is 1500. The minimum absolute atomic E-state index is 0.140. The van der Waals surface area contributed by atoms with Gasteiger partial charge in [-0.3, -0.25) is 9.52 Å². The van der Waals surface area contributed by atoms with Gasteiger partial charge in [-0.2, -0.15) is 0 Å². The second kappa shape index (κ2) is 10.4. The molecule has 0 radical (unpaired) electrons. The van der Waals surface area contributed by atoms with Crippen LogP contribution in [0.15, 0.2) is 83.9 Å². The number of amides is 1. The third-order valence-electron chi connectivity index (χ3n) is 5.49. The van der Waals surface area contributed by atoms with E-state index in [9.17, 15) is 23.3 Å². The van der Waals surface area contributed by atoms with E-state index in [2.05, 4.69) is 20.0 Å². The second-order valence-electron chi connectivity index (χ2n) is 8.09. The fourth-order valence-corrected chi connectivity index (χ4v) is 4.64. The lowest BCUT2D eigenvalue weighted by atomic mass is 10.0. The molecule has 0 unspecified atom stereocenters. The van der Waals surface area contributed by atoms with Gasteiger partial charge in [-0.25, -0.2) is 13.4 Å². The van der Waals surface area contributed by atoms with Crippen LogP contribution in [0.5, 0.6) is 0 Å². The lowest BCUT2D eigenvalue weighted by molar-refractivity contribution is -0.393. The molecule has 1 amide bonds. The molecule has 0 bridgehead atoms. The van der Waals surface area contributed by atoms with Crippen LogP contribution in [0.3, 0.4) is 0 Å². The Kier molecular flexibility index (Phi) is 7.11. The van der Waals surface area contributed by atoms with Crippen LogP contribution in [0.25, 0.3) is 11.3 Å². The van der Waals surface area contributed by atoms with Gasteiger partial charge < -0.3 is 15.4 Å². The average Bonchev–Trinajstić information content (AvgIpc) is 3.36. The lowest BCUT2D eigenvalue weighted by Crippen LogP contribution is -2.24. The molecular formula is C25H23N5O5S. The molecule has 0 aliphatic carbocycles. The number of sulfonamides is 1. The fraction of sp³-hybridized carbons (Fsp3) is 0.120. The summed E-state index contributed by atoms with van der Waals surface area (Å²) in [6.45, 7) is 2.22. The van der Waals surface area contributed by atoms with Gasteiger partial charge in [-0.05, 0) is 58.9 Å². The highest BCUT2D eigenvalue weighted by Crippen LogP contribution is 2.22. The highest BCUT2D eigenvalue weighted by Gasteiger charge is 2.15. The Balaban J connectivity index is 1.32. The van der Waals surface area contributed by atoms with Crippen LogP contribution in [0.1, 0.15) is 16.7 Å².